The number of nitro benzene ring substituents is 1. The van der Waals surface area contributed by atoms with Gasteiger partial charge in [-0.25, -0.2) is 0 Å². The molecular formula is C13H11N3O3. The number of non-ortho nitro benzene ring substituents is 1. The first-order valence-corrected chi connectivity index (χ1v) is 5.62. The van der Waals surface area contributed by atoms with Gasteiger partial charge in [-0.05, 0) is 17.7 Å². The predicted molar refractivity (Wildman–Crippen MR) is 67.1 cm³/mol. The van der Waals surface area contributed by atoms with E-state index in [1.807, 2.05) is 12.1 Å². The Kier molecular flexibility index (Phi) is 3.90. The highest BCUT2D eigenvalue weighted by atomic mass is 16.6. The van der Waals surface area contributed by atoms with E-state index in [-0.39, 0.29) is 11.4 Å². The average molecular weight is 257 g/mol. The van der Waals surface area contributed by atoms with Crippen LogP contribution in [0.4, 0.5) is 5.69 Å². The van der Waals surface area contributed by atoms with E-state index in [2.05, 4.69) is 5.32 Å². The number of nitrogens with zero attached hydrogens (tertiary/aromatic N) is 2. The lowest BCUT2D eigenvalue weighted by molar-refractivity contribution is -0.384. The van der Waals surface area contributed by atoms with Crippen molar-refractivity contribution in [3.63, 3.8) is 0 Å². The van der Waals surface area contributed by atoms with E-state index in [4.69, 9.17) is 9.68 Å². The minimum absolute atomic E-state index is 0.0732. The minimum atomic E-state index is -0.421. The summed E-state index contributed by atoms with van der Waals surface area (Å²) in [4.78, 5) is 10.2. The molecule has 2 aromatic rings. The van der Waals surface area contributed by atoms with Crippen molar-refractivity contribution in [1.82, 2.24) is 5.32 Å². The molecule has 2 rings (SSSR count). The van der Waals surface area contributed by atoms with Crippen molar-refractivity contribution in [1.29, 1.82) is 5.26 Å². The Hall–Kier alpha value is -2.65. The van der Waals surface area contributed by atoms with Crippen LogP contribution in [0, 0.1) is 21.4 Å². The van der Waals surface area contributed by atoms with Crippen LogP contribution in [0.15, 0.2) is 40.8 Å². The largest absolute Gasteiger partial charge is 0.449 e. The van der Waals surface area contributed by atoms with Crippen molar-refractivity contribution in [3.8, 4) is 6.07 Å². The van der Waals surface area contributed by atoms with Crippen molar-refractivity contribution in [2.45, 2.75) is 13.1 Å². The number of hydrogen-bond donors (Lipinski definition) is 1. The topological polar surface area (TPSA) is 92.1 Å². The normalized spacial score (nSPS) is 10.1. The minimum Gasteiger partial charge on any atom is -0.449 e. The van der Waals surface area contributed by atoms with Crippen LogP contribution in [-0.2, 0) is 13.1 Å². The van der Waals surface area contributed by atoms with Gasteiger partial charge >= 0.3 is 0 Å². The van der Waals surface area contributed by atoms with E-state index < -0.39 is 4.92 Å². The van der Waals surface area contributed by atoms with Gasteiger partial charge in [-0.3, -0.25) is 10.1 Å². The summed E-state index contributed by atoms with van der Waals surface area (Å²) in [5.74, 6) is 0.925. The van der Waals surface area contributed by atoms with Gasteiger partial charge in [0.25, 0.3) is 5.69 Å². The standard InChI is InChI=1S/C13H11N3O3/c14-7-12-4-5-13(19-12)9-15-8-10-2-1-3-11(6-10)16(17)18/h1-6,15H,8-9H2. The zero-order chi connectivity index (χ0) is 13.7. The molecule has 1 N–H and O–H groups in total. The monoisotopic (exact) mass is 257 g/mol. The molecule has 0 aliphatic rings. The third-order valence-electron chi connectivity index (χ3n) is 2.52. The van der Waals surface area contributed by atoms with Gasteiger partial charge < -0.3 is 9.73 Å². The van der Waals surface area contributed by atoms with Crippen molar-refractivity contribution >= 4 is 5.69 Å². The molecule has 0 atom stereocenters. The van der Waals surface area contributed by atoms with Gasteiger partial charge in [0.05, 0.1) is 11.5 Å². The molecule has 6 heteroatoms. The maximum atomic E-state index is 10.6. The number of nitro groups is 1. The maximum absolute atomic E-state index is 10.6. The summed E-state index contributed by atoms with van der Waals surface area (Å²) in [5, 5.41) is 22.3. The van der Waals surface area contributed by atoms with Crippen LogP contribution < -0.4 is 5.32 Å². The first-order chi connectivity index (χ1) is 9.19. The Labute approximate surface area is 109 Å². The maximum Gasteiger partial charge on any atom is 0.269 e. The fourth-order valence-electron chi connectivity index (χ4n) is 1.64. The lowest BCUT2D eigenvalue weighted by Crippen LogP contribution is -2.12. The summed E-state index contributed by atoms with van der Waals surface area (Å²) in [7, 11) is 0. The van der Waals surface area contributed by atoms with E-state index in [0.717, 1.165) is 5.56 Å². The third kappa shape index (κ3) is 3.40. The Balaban J connectivity index is 1.90. The summed E-state index contributed by atoms with van der Waals surface area (Å²) in [6.07, 6.45) is 0. The van der Waals surface area contributed by atoms with E-state index in [1.165, 1.54) is 12.1 Å². The molecule has 6 nitrogen and oxygen atoms in total. The second-order valence-corrected chi connectivity index (χ2v) is 3.91. The molecule has 0 aliphatic carbocycles. The summed E-state index contributed by atoms with van der Waals surface area (Å²) in [6.45, 7) is 0.953. The van der Waals surface area contributed by atoms with Crippen LogP contribution in [-0.4, -0.2) is 4.92 Å². The number of nitriles is 1. The summed E-state index contributed by atoms with van der Waals surface area (Å²) >= 11 is 0. The Morgan fingerprint density at radius 1 is 1.32 bits per heavy atom. The van der Waals surface area contributed by atoms with E-state index in [1.54, 1.807) is 18.2 Å². The number of nitrogens with one attached hydrogen (secondary N) is 1. The lowest BCUT2D eigenvalue weighted by Gasteiger charge is -2.02. The third-order valence-corrected chi connectivity index (χ3v) is 2.52. The molecule has 0 saturated heterocycles. The zero-order valence-corrected chi connectivity index (χ0v) is 10.00. The van der Waals surface area contributed by atoms with Gasteiger partial charge in [0, 0.05) is 18.7 Å². The van der Waals surface area contributed by atoms with Crippen LogP contribution in [0.5, 0.6) is 0 Å². The quantitative estimate of drug-likeness (QED) is 0.655. The van der Waals surface area contributed by atoms with E-state index >= 15 is 0 Å². The van der Waals surface area contributed by atoms with Gasteiger partial charge in [-0.2, -0.15) is 5.26 Å². The van der Waals surface area contributed by atoms with E-state index in [0.29, 0.717) is 18.8 Å². The Bertz CT molecular complexity index is 628. The molecule has 0 aliphatic heterocycles. The molecule has 0 radical (unpaired) electrons. The Morgan fingerprint density at radius 3 is 2.84 bits per heavy atom. The molecule has 0 spiro atoms. The second kappa shape index (κ2) is 5.80. The highest BCUT2D eigenvalue weighted by Crippen LogP contribution is 2.13. The molecule has 0 saturated carbocycles. The van der Waals surface area contributed by atoms with Crippen LogP contribution >= 0.6 is 0 Å². The molecule has 19 heavy (non-hydrogen) atoms. The number of hydrogen-bond acceptors (Lipinski definition) is 5. The summed E-state index contributed by atoms with van der Waals surface area (Å²) in [5.41, 5.74) is 0.894. The summed E-state index contributed by atoms with van der Waals surface area (Å²) in [6, 6.07) is 11.7. The van der Waals surface area contributed by atoms with Gasteiger partial charge in [0.15, 0.2) is 0 Å². The van der Waals surface area contributed by atoms with Crippen LogP contribution in [0.25, 0.3) is 0 Å². The van der Waals surface area contributed by atoms with Crippen molar-refractivity contribution in [2.24, 2.45) is 0 Å². The molecule has 0 amide bonds. The molecule has 1 aromatic heterocycles. The van der Waals surface area contributed by atoms with Crippen LogP contribution in [0.2, 0.25) is 0 Å². The summed E-state index contributed by atoms with van der Waals surface area (Å²) < 4.78 is 5.20. The van der Waals surface area contributed by atoms with Crippen molar-refractivity contribution in [2.75, 3.05) is 0 Å². The molecule has 0 bridgehead atoms. The van der Waals surface area contributed by atoms with Crippen LogP contribution in [0.3, 0.4) is 0 Å². The molecule has 0 fully saturated rings. The highest BCUT2D eigenvalue weighted by Gasteiger charge is 2.05. The van der Waals surface area contributed by atoms with Gasteiger partial charge in [-0.1, -0.05) is 12.1 Å². The molecule has 0 unspecified atom stereocenters. The first-order valence-electron chi connectivity index (χ1n) is 5.62. The zero-order valence-electron chi connectivity index (χ0n) is 10.00. The highest BCUT2D eigenvalue weighted by molar-refractivity contribution is 5.34. The van der Waals surface area contributed by atoms with Gasteiger partial charge in [0.2, 0.25) is 5.76 Å². The van der Waals surface area contributed by atoms with Gasteiger partial charge in [0.1, 0.15) is 11.8 Å². The number of benzene rings is 1. The van der Waals surface area contributed by atoms with E-state index in [9.17, 15) is 10.1 Å². The number of rotatable bonds is 5. The fourth-order valence-corrected chi connectivity index (χ4v) is 1.64. The Morgan fingerprint density at radius 2 is 2.16 bits per heavy atom. The number of furan rings is 1. The first kappa shape index (κ1) is 12.8. The SMILES string of the molecule is N#Cc1ccc(CNCc2cccc([N+](=O)[O-])c2)o1. The molecule has 1 aromatic carbocycles. The van der Waals surface area contributed by atoms with Gasteiger partial charge in [-0.15, -0.1) is 0 Å². The van der Waals surface area contributed by atoms with Crippen LogP contribution in [0.1, 0.15) is 17.1 Å². The average Bonchev–Trinajstić information content (AvgIpc) is 2.87. The lowest BCUT2D eigenvalue weighted by atomic mass is 10.2. The predicted octanol–water partition coefficient (Wildman–Crippen LogP) is 2.35. The second-order valence-electron chi connectivity index (χ2n) is 3.91. The molecule has 1 heterocycles. The smallest absolute Gasteiger partial charge is 0.269 e. The molecular weight excluding hydrogens is 246 g/mol. The molecule has 96 valence electrons. The van der Waals surface area contributed by atoms with Crippen molar-refractivity contribution in [3.05, 3.63) is 63.6 Å². The fraction of sp³-hybridized carbons (Fsp3) is 0.154. The van der Waals surface area contributed by atoms with Crippen molar-refractivity contribution < 1.29 is 9.34 Å².